The van der Waals surface area contributed by atoms with Crippen molar-refractivity contribution >= 4 is 11.4 Å². The van der Waals surface area contributed by atoms with E-state index < -0.39 is 10.9 Å². The molecule has 0 amide bonds. The topological polar surface area (TPSA) is 82.7 Å². The van der Waals surface area contributed by atoms with Crippen LogP contribution in [0.1, 0.15) is 105 Å². The third-order valence-corrected chi connectivity index (χ3v) is 7.05. The van der Waals surface area contributed by atoms with Gasteiger partial charge in [-0.3, -0.25) is 14.5 Å². The van der Waals surface area contributed by atoms with Crippen LogP contribution in [0.25, 0.3) is 0 Å². The molecule has 0 saturated heterocycles. The van der Waals surface area contributed by atoms with E-state index >= 15 is 0 Å². The molecule has 7 nitrogen and oxygen atoms in total. The number of methoxy groups -OCH3 is 1. The predicted molar refractivity (Wildman–Crippen MR) is 155 cm³/mol. The Balaban J connectivity index is 2.34. The minimum Gasteiger partial charge on any atom is -0.380 e. The van der Waals surface area contributed by atoms with Crippen LogP contribution >= 0.6 is 0 Å². The predicted octanol–water partition coefficient (Wildman–Crippen LogP) is 5.14. The molecule has 0 bridgehead atoms. The number of unbranched alkanes of at least 4 members (excludes halogenated alkanes) is 10. The van der Waals surface area contributed by atoms with Crippen LogP contribution in [0, 0.1) is 0 Å². The lowest BCUT2D eigenvalue weighted by Crippen LogP contribution is -2.43. The van der Waals surface area contributed by atoms with Crippen molar-refractivity contribution in [1.82, 2.24) is 10.2 Å². The summed E-state index contributed by atoms with van der Waals surface area (Å²) in [6.07, 6.45) is 15.0. The van der Waals surface area contributed by atoms with E-state index in [1.807, 2.05) is 0 Å². The van der Waals surface area contributed by atoms with Crippen LogP contribution in [-0.4, -0.2) is 63.4 Å². The molecule has 1 aromatic rings. The summed E-state index contributed by atoms with van der Waals surface area (Å²) in [6.45, 7) is 13.9. The van der Waals surface area contributed by atoms with Gasteiger partial charge in [0.05, 0.1) is 6.10 Å². The van der Waals surface area contributed by atoms with E-state index in [0.29, 0.717) is 24.0 Å². The number of rotatable bonds is 25. The Hall–Kier alpha value is -1.44. The third kappa shape index (κ3) is 13.2. The fraction of sp³-hybridized carbons (Fsp3) is 0.862. The maximum atomic E-state index is 12.2. The molecule has 3 N–H and O–H groups in total. The first-order valence-corrected chi connectivity index (χ1v) is 14.7. The number of nitrogens with one attached hydrogen (secondary N) is 3. The van der Waals surface area contributed by atoms with Gasteiger partial charge in [0.25, 0.3) is 10.9 Å². The second-order valence-electron chi connectivity index (χ2n) is 10.4. The van der Waals surface area contributed by atoms with E-state index in [4.69, 9.17) is 4.74 Å². The van der Waals surface area contributed by atoms with Crippen LogP contribution in [-0.2, 0) is 4.74 Å². The third-order valence-electron chi connectivity index (χ3n) is 7.05. The summed E-state index contributed by atoms with van der Waals surface area (Å²) >= 11 is 0. The molecular formula is C29H56N4O3. The highest BCUT2D eigenvalue weighted by Crippen LogP contribution is 2.16. The van der Waals surface area contributed by atoms with Gasteiger partial charge in [0.15, 0.2) is 0 Å². The van der Waals surface area contributed by atoms with Gasteiger partial charge in [0, 0.05) is 32.8 Å². The van der Waals surface area contributed by atoms with Crippen molar-refractivity contribution in [2.24, 2.45) is 0 Å². The van der Waals surface area contributed by atoms with Gasteiger partial charge in [-0.25, -0.2) is 0 Å². The van der Waals surface area contributed by atoms with E-state index in [0.717, 1.165) is 58.4 Å². The first-order chi connectivity index (χ1) is 17.5. The fourth-order valence-corrected chi connectivity index (χ4v) is 4.56. The Bertz CT molecular complexity index is 730. The highest BCUT2D eigenvalue weighted by Gasteiger charge is 2.22. The maximum Gasteiger partial charge on any atom is 0.253 e. The molecule has 0 aliphatic heterocycles. The summed E-state index contributed by atoms with van der Waals surface area (Å²) in [5.74, 6) is 0. The van der Waals surface area contributed by atoms with Crippen molar-refractivity contribution in [2.45, 2.75) is 117 Å². The lowest BCUT2D eigenvalue weighted by atomic mass is 10.1. The van der Waals surface area contributed by atoms with E-state index in [1.54, 1.807) is 7.11 Å². The molecule has 0 radical (unpaired) electrons. The molecular weight excluding hydrogens is 452 g/mol. The van der Waals surface area contributed by atoms with Crippen LogP contribution in [0.2, 0.25) is 0 Å². The molecule has 0 aromatic heterocycles. The molecule has 0 saturated carbocycles. The lowest BCUT2D eigenvalue weighted by Gasteiger charge is -2.30. The van der Waals surface area contributed by atoms with Crippen molar-refractivity contribution in [3.63, 3.8) is 0 Å². The van der Waals surface area contributed by atoms with Gasteiger partial charge < -0.3 is 20.7 Å². The van der Waals surface area contributed by atoms with E-state index in [1.165, 1.54) is 51.4 Å². The standard InChI is InChI=1S/C29H56N4O3/c1-6-8-9-10-11-12-13-14-15-16-20-31-26-27(29(35)28(26)34)32-22-25(36-5)23-33(24(3)4)21-18-17-19-30-7-2/h24-25,30-32H,6-23H2,1-5H3. The van der Waals surface area contributed by atoms with Crippen molar-refractivity contribution in [3.8, 4) is 0 Å². The van der Waals surface area contributed by atoms with Gasteiger partial charge >= 0.3 is 0 Å². The molecule has 210 valence electrons. The Morgan fingerprint density at radius 2 is 1.31 bits per heavy atom. The normalized spacial score (nSPS) is 12.6. The first-order valence-electron chi connectivity index (χ1n) is 14.7. The summed E-state index contributed by atoms with van der Waals surface area (Å²) in [6, 6.07) is 0.422. The number of anilines is 2. The van der Waals surface area contributed by atoms with Crippen LogP contribution in [0.3, 0.4) is 0 Å². The minimum absolute atomic E-state index is 0.0552. The lowest BCUT2D eigenvalue weighted by molar-refractivity contribution is 0.0610. The molecule has 1 rings (SSSR count). The molecule has 0 fully saturated rings. The van der Waals surface area contributed by atoms with E-state index in [-0.39, 0.29) is 6.10 Å². The summed E-state index contributed by atoms with van der Waals surface area (Å²) in [5, 5.41) is 9.79. The Kier molecular flexibility index (Phi) is 18.6. The smallest absolute Gasteiger partial charge is 0.253 e. The highest BCUT2D eigenvalue weighted by atomic mass is 16.5. The average molecular weight is 509 g/mol. The van der Waals surface area contributed by atoms with Gasteiger partial charge in [-0.05, 0) is 52.7 Å². The average Bonchev–Trinajstić information content (AvgIpc) is 2.88. The van der Waals surface area contributed by atoms with Gasteiger partial charge in [0.1, 0.15) is 11.4 Å². The number of nitrogens with zero attached hydrogens (tertiary/aromatic N) is 1. The Morgan fingerprint density at radius 3 is 1.86 bits per heavy atom. The first kappa shape index (κ1) is 32.6. The zero-order valence-corrected chi connectivity index (χ0v) is 24.1. The van der Waals surface area contributed by atoms with Gasteiger partial charge in [0.2, 0.25) is 0 Å². The zero-order chi connectivity index (χ0) is 26.6. The molecule has 1 unspecified atom stereocenters. The monoisotopic (exact) mass is 508 g/mol. The Morgan fingerprint density at radius 1 is 0.750 bits per heavy atom. The highest BCUT2D eigenvalue weighted by molar-refractivity contribution is 5.73. The summed E-state index contributed by atoms with van der Waals surface area (Å²) < 4.78 is 5.71. The summed E-state index contributed by atoms with van der Waals surface area (Å²) in [7, 11) is 1.71. The molecule has 1 aromatic carbocycles. The Labute approximate surface area is 220 Å². The SMILES string of the molecule is CCCCCCCCCCCCNc1c(NCC(CN(CCCCNCC)C(C)C)OC)c(=O)c1=O. The number of ether oxygens (including phenoxy) is 1. The quantitative estimate of drug-likeness (QED) is 0.125. The van der Waals surface area contributed by atoms with Gasteiger partial charge in [-0.15, -0.1) is 0 Å². The summed E-state index contributed by atoms with van der Waals surface area (Å²) in [5.41, 5.74) is 0.0633. The van der Waals surface area contributed by atoms with Crippen LogP contribution in [0.4, 0.5) is 11.4 Å². The van der Waals surface area contributed by atoms with Crippen molar-refractivity contribution in [3.05, 3.63) is 20.4 Å². The largest absolute Gasteiger partial charge is 0.380 e. The van der Waals surface area contributed by atoms with Crippen LogP contribution < -0.4 is 26.8 Å². The van der Waals surface area contributed by atoms with Gasteiger partial charge in [-0.1, -0.05) is 71.6 Å². The minimum atomic E-state index is -0.417. The number of hydrogen-bond acceptors (Lipinski definition) is 7. The second kappa shape index (κ2) is 20.6. The molecule has 0 spiro atoms. The summed E-state index contributed by atoms with van der Waals surface area (Å²) in [4.78, 5) is 26.7. The van der Waals surface area contributed by atoms with Crippen molar-refractivity contribution in [1.29, 1.82) is 0 Å². The molecule has 0 heterocycles. The van der Waals surface area contributed by atoms with Crippen molar-refractivity contribution < 1.29 is 4.74 Å². The molecule has 1 atom stereocenters. The van der Waals surface area contributed by atoms with E-state index in [2.05, 4.69) is 48.5 Å². The van der Waals surface area contributed by atoms with Gasteiger partial charge in [-0.2, -0.15) is 0 Å². The molecule has 0 aliphatic carbocycles. The molecule has 0 aliphatic rings. The molecule has 36 heavy (non-hydrogen) atoms. The second-order valence-corrected chi connectivity index (χ2v) is 10.4. The molecule has 7 heteroatoms. The van der Waals surface area contributed by atoms with Crippen LogP contribution in [0.5, 0.6) is 0 Å². The van der Waals surface area contributed by atoms with Crippen molar-refractivity contribution in [2.75, 3.05) is 57.0 Å². The van der Waals surface area contributed by atoms with Crippen LogP contribution in [0.15, 0.2) is 9.59 Å². The zero-order valence-electron chi connectivity index (χ0n) is 24.1. The maximum absolute atomic E-state index is 12.2. The number of hydrogen-bond donors (Lipinski definition) is 3. The fourth-order valence-electron chi connectivity index (χ4n) is 4.56. The van der Waals surface area contributed by atoms with E-state index in [9.17, 15) is 9.59 Å².